The van der Waals surface area contributed by atoms with Gasteiger partial charge in [0.05, 0.1) is 52.6 Å². The Kier molecular flexibility index (Phi) is 7.46. The predicted octanol–water partition coefficient (Wildman–Crippen LogP) is 4.71. The number of nitro benzene ring substituents is 1. The second kappa shape index (κ2) is 11.0. The zero-order chi connectivity index (χ0) is 29.4. The third kappa shape index (κ3) is 5.11. The third-order valence-corrected chi connectivity index (χ3v) is 7.89. The van der Waals surface area contributed by atoms with Crippen molar-refractivity contribution in [3.63, 3.8) is 0 Å². The Hall–Kier alpha value is -4.77. The molecule has 0 saturated heterocycles. The SMILES string of the molecule is COC(=O)C1=C(C)N=c2sc(=Cc3ccc(-c4ccc([N+](=O)[O-])cc4OC)o3)c(=O)n2C1c1ccc(C(C)C)cc1. The number of furan rings is 1. The summed E-state index contributed by atoms with van der Waals surface area (Å²) in [7, 11) is 2.73. The van der Waals surface area contributed by atoms with Gasteiger partial charge in [0.2, 0.25) is 0 Å². The summed E-state index contributed by atoms with van der Waals surface area (Å²) in [6.07, 6.45) is 1.61. The molecule has 0 radical (unpaired) electrons. The Morgan fingerprint density at radius 2 is 1.88 bits per heavy atom. The van der Waals surface area contributed by atoms with E-state index in [1.807, 2.05) is 24.3 Å². The Bertz CT molecular complexity index is 1880. The van der Waals surface area contributed by atoms with Gasteiger partial charge < -0.3 is 13.9 Å². The number of esters is 1. The standard InChI is InChI=1S/C30H27N3O7S/c1-16(2)18-6-8-19(9-7-18)27-26(29(35)39-5)17(3)31-30-32(27)28(34)25(41-30)15-21-11-13-23(40-21)22-12-10-20(33(36)37)14-24(22)38-4/h6-16,27H,1-5H3. The lowest BCUT2D eigenvalue weighted by Gasteiger charge is -2.24. The van der Waals surface area contributed by atoms with E-state index < -0.39 is 16.9 Å². The average molecular weight is 574 g/mol. The van der Waals surface area contributed by atoms with E-state index in [9.17, 15) is 19.7 Å². The topological polar surface area (TPSA) is 126 Å². The fraction of sp³-hybridized carbons (Fsp3) is 0.233. The van der Waals surface area contributed by atoms with E-state index in [0.717, 1.165) is 11.1 Å². The van der Waals surface area contributed by atoms with Gasteiger partial charge >= 0.3 is 5.97 Å². The second-order valence-corrected chi connectivity index (χ2v) is 10.7. The van der Waals surface area contributed by atoms with Gasteiger partial charge in [-0.15, -0.1) is 0 Å². The minimum absolute atomic E-state index is 0.103. The van der Waals surface area contributed by atoms with Crippen LogP contribution in [-0.4, -0.2) is 29.7 Å². The van der Waals surface area contributed by atoms with Gasteiger partial charge in [0.1, 0.15) is 17.3 Å². The second-order valence-electron chi connectivity index (χ2n) is 9.74. The molecule has 2 aromatic heterocycles. The van der Waals surface area contributed by atoms with Gasteiger partial charge in [0, 0.05) is 12.1 Å². The number of hydrogen-bond acceptors (Lipinski definition) is 9. The molecule has 1 unspecified atom stereocenters. The molecule has 1 atom stereocenters. The molecule has 11 heteroatoms. The van der Waals surface area contributed by atoms with E-state index in [0.29, 0.717) is 43.6 Å². The molecule has 0 spiro atoms. The first-order chi connectivity index (χ1) is 19.6. The van der Waals surface area contributed by atoms with Crippen molar-refractivity contribution < 1.29 is 23.6 Å². The van der Waals surface area contributed by atoms with Crippen molar-refractivity contribution in [2.45, 2.75) is 32.7 Å². The van der Waals surface area contributed by atoms with Gasteiger partial charge in [-0.3, -0.25) is 19.5 Å². The Labute approximate surface area is 238 Å². The van der Waals surface area contributed by atoms with Crippen molar-refractivity contribution in [1.82, 2.24) is 4.57 Å². The van der Waals surface area contributed by atoms with Crippen LogP contribution >= 0.6 is 11.3 Å². The monoisotopic (exact) mass is 573 g/mol. The highest BCUT2D eigenvalue weighted by Gasteiger charge is 2.33. The summed E-state index contributed by atoms with van der Waals surface area (Å²) in [5.74, 6) is 0.877. The van der Waals surface area contributed by atoms with Gasteiger partial charge in [0.25, 0.3) is 11.2 Å². The molecule has 210 valence electrons. The maximum Gasteiger partial charge on any atom is 0.338 e. The fourth-order valence-electron chi connectivity index (χ4n) is 4.77. The minimum atomic E-state index is -0.710. The fourth-order valence-corrected chi connectivity index (χ4v) is 5.80. The Morgan fingerprint density at radius 1 is 1.15 bits per heavy atom. The number of rotatable bonds is 7. The van der Waals surface area contributed by atoms with Crippen LogP contribution in [-0.2, 0) is 9.53 Å². The maximum absolute atomic E-state index is 13.8. The van der Waals surface area contributed by atoms with E-state index in [4.69, 9.17) is 13.9 Å². The van der Waals surface area contributed by atoms with Crippen molar-refractivity contribution in [2.24, 2.45) is 4.99 Å². The molecule has 0 amide bonds. The lowest BCUT2D eigenvalue weighted by atomic mass is 9.93. The number of fused-ring (bicyclic) bond motifs is 1. The number of aromatic nitrogens is 1. The number of methoxy groups -OCH3 is 2. The average Bonchev–Trinajstić information content (AvgIpc) is 3.55. The summed E-state index contributed by atoms with van der Waals surface area (Å²) in [6.45, 7) is 5.93. The largest absolute Gasteiger partial charge is 0.496 e. The summed E-state index contributed by atoms with van der Waals surface area (Å²) < 4.78 is 18.3. The van der Waals surface area contributed by atoms with Crippen molar-refractivity contribution in [2.75, 3.05) is 14.2 Å². The van der Waals surface area contributed by atoms with Crippen LogP contribution in [0.4, 0.5) is 5.69 Å². The summed E-state index contributed by atoms with van der Waals surface area (Å²) in [6, 6.07) is 14.8. The number of ether oxygens (including phenoxy) is 2. The van der Waals surface area contributed by atoms with Crippen LogP contribution in [0.2, 0.25) is 0 Å². The number of allylic oxidation sites excluding steroid dienone is 1. The minimum Gasteiger partial charge on any atom is -0.496 e. The van der Waals surface area contributed by atoms with E-state index in [1.165, 1.54) is 42.3 Å². The maximum atomic E-state index is 13.8. The predicted molar refractivity (Wildman–Crippen MR) is 154 cm³/mol. The first-order valence-electron chi connectivity index (χ1n) is 12.8. The van der Waals surface area contributed by atoms with Crippen LogP contribution in [0.25, 0.3) is 17.4 Å². The van der Waals surface area contributed by atoms with Crippen molar-refractivity contribution in [1.29, 1.82) is 0 Å². The molecule has 3 heterocycles. The van der Waals surface area contributed by atoms with E-state index in [2.05, 4.69) is 18.8 Å². The highest BCUT2D eigenvalue weighted by atomic mass is 32.1. The van der Waals surface area contributed by atoms with Gasteiger partial charge in [-0.1, -0.05) is 49.4 Å². The summed E-state index contributed by atoms with van der Waals surface area (Å²) in [5.41, 5.74) is 2.78. The zero-order valence-electron chi connectivity index (χ0n) is 23.0. The molecule has 0 saturated carbocycles. The number of nitro groups is 1. The van der Waals surface area contributed by atoms with Crippen LogP contribution in [0.1, 0.15) is 49.6 Å². The summed E-state index contributed by atoms with van der Waals surface area (Å²) in [4.78, 5) is 42.4. The van der Waals surface area contributed by atoms with Crippen LogP contribution in [0, 0.1) is 10.1 Å². The number of benzene rings is 2. The van der Waals surface area contributed by atoms with Gasteiger partial charge in [0.15, 0.2) is 4.80 Å². The van der Waals surface area contributed by atoms with E-state index in [-0.39, 0.29) is 17.0 Å². The molecule has 0 bridgehead atoms. The quantitative estimate of drug-likeness (QED) is 0.178. The summed E-state index contributed by atoms with van der Waals surface area (Å²) in [5, 5.41) is 11.1. The molecule has 2 aromatic carbocycles. The van der Waals surface area contributed by atoms with Crippen LogP contribution in [0.3, 0.4) is 0 Å². The zero-order valence-corrected chi connectivity index (χ0v) is 23.9. The molecule has 4 aromatic rings. The first-order valence-corrected chi connectivity index (χ1v) is 13.6. The van der Waals surface area contributed by atoms with Gasteiger partial charge in [-0.05, 0) is 42.2 Å². The smallest absolute Gasteiger partial charge is 0.338 e. The molecular weight excluding hydrogens is 546 g/mol. The van der Waals surface area contributed by atoms with Crippen molar-refractivity contribution >= 4 is 29.1 Å². The molecule has 0 aliphatic carbocycles. The Morgan fingerprint density at radius 3 is 2.51 bits per heavy atom. The first kappa shape index (κ1) is 27.8. The molecule has 1 aliphatic rings. The number of thiazole rings is 1. The lowest BCUT2D eigenvalue weighted by molar-refractivity contribution is -0.384. The summed E-state index contributed by atoms with van der Waals surface area (Å²) >= 11 is 1.19. The van der Waals surface area contributed by atoms with Crippen LogP contribution < -0.4 is 19.6 Å². The number of hydrogen-bond donors (Lipinski definition) is 0. The van der Waals surface area contributed by atoms with Crippen LogP contribution in [0.5, 0.6) is 5.75 Å². The van der Waals surface area contributed by atoms with E-state index in [1.54, 1.807) is 31.2 Å². The molecule has 0 N–H and O–H groups in total. The molecule has 0 fully saturated rings. The number of nitrogens with zero attached hydrogens (tertiary/aromatic N) is 3. The molecule has 5 rings (SSSR count). The van der Waals surface area contributed by atoms with Gasteiger partial charge in [-0.2, -0.15) is 0 Å². The molecule has 41 heavy (non-hydrogen) atoms. The van der Waals surface area contributed by atoms with Gasteiger partial charge in [-0.25, -0.2) is 9.79 Å². The van der Waals surface area contributed by atoms with Crippen molar-refractivity contribution in [3.05, 3.63) is 113 Å². The van der Waals surface area contributed by atoms with E-state index >= 15 is 0 Å². The van der Waals surface area contributed by atoms with Crippen molar-refractivity contribution in [3.8, 4) is 17.1 Å². The normalized spacial score (nSPS) is 15.1. The molecule has 10 nitrogen and oxygen atoms in total. The number of carbonyl (C=O) groups excluding carboxylic acids is 1. The lowest BCUT2D eigenvalue weighted by Crippen LogP contribution is -2.39. The highest BCUT2D eigenvalue weighted by molar-refractivity contribution is 7.07. The molecule has 1 aliphatic heterocycles. The number of non-ortho nitro benzene ring substituents is 1. The van der Waals surface area contributed by atoms with Crippen LogP contribution in [0.15, 0.2) is 80.1 Å². The highest BCUT2D eigenvalue weighted by Crippen LogP contribution is 2.35. The third-order valence-electron chi connectivity index (χ3n) is 6.91. The number of carbonyl (C=O) groups is 1. The Balaban J connectivity index is 1.61. The molecular formula is C30H27N3O7S.